The number of anilines is 1. The highest BCUT2D eigenvalue weighted by Crippen LogP contribution is 2.32. The minimum Gasteiger partial charge on any atom is -0.298 e. The van der Waals surface area contributed by atoms with Gasteiger partial charge in [-0.2, -0.15) is 5.10 Å². The number of hydrogen-bond acceptors (Lipinski definition) is 5. The average molecular weight is 471 g/mol. The highest BCUT2D eigenvalue weighted by molar-refractivity contribution is 9.10. The van der Waals surface area contributed by atoms with E-state index in [2.05, 4.69) is 43.0 Å². The lowest BCUT2D eigenvalue weighted by Crippen LogP contribution is -2.12. The number of aryl methyl sites for hydroxylation is 1. The van der Waals surface area contributed by atoms with E-state index < -0.39 is 0 Å². The quantitative estimate of drug-likeness (QED) is 0.395. The second kappa shape index (κ2) is 7.83. The molecule has 0 aliphatic carbocycles. The van der Waals surface area contributed by atoms with Gasteiger partial charge in [0.15, 0.2) is 15.7 Å². The number of aromatic nitrogens is 4. The molecule has 26 heavy (non-hydrogen) atoms. The first-order valence-electron chi connectivity index (χ1n) is 7.41. The molecule has 3 aromatic rings. The normalized spacial score (nSPS) is 10.7. The molecular formula is C16H13BrClN5OS2. The molecule has 0 saturated carbocycles. The number of hydrogen-bond donors (Lipinski definition) is 2. The number of thiazole rings is 1. The van der Waals surface area contributed by atoms with E-state index in [4.69, 9.17) is 23.8 Å². The van der Waals surface area contributed by atoms with Gasteiger partial charge in [-0.1, -0.05) is 44.9 Å². The van der Waals surface area contributed by atoms with Gasteiger partial charge in [0.05, 0.1) is 21.2 Å². The zero-order valence-electron chi connectivity index (χ0n) is 13.5. The van der Waals surface area contributed by atoms with Gasteiger partial charge in [-0.25, -0.2) is 4.98 Å². The smallest absolute Gasteiger partial charge is 0.258 e. The van der Waals surface area contributed by atoms with E-state index in [0.717, 1.165) is 15.0 Å². The molecular weight excluding hydrogens is 458 g/mol. The van der Waals surface area contributed by atoms with Crippen LogP contribution in [0.2, 0.25) is 5.02 Å². The Morgan fingerprint density at radius 3 is 3.08 bits per heavy atom. The summed E-state index contributed by atoms with van der Waals surface area (Å²) in [6.45, 7) is 6.11. The number of rotatable bonds is 5. The number of aromatic amines is 1. The first kappa shape index (κ1) is 19.0. The fraction of sp³-hybridized carbons (Fsp3) is 0.125. The summed E-state index contributed by atoms with van der Waals surface area (Å²) < 4.78 is 3.09. The van der Waals surface area contributed by atoms with Crippen LogP contribution in [0.5, 0.6) is 0 Å². The Hall–Kier alpha value is -1.81. The molecule has 0 aliphatic heterocycles. The lowest BCUT2D eigenvalue weighted by Gasteiger charge is -2.04. The summed E-state index contributed by atoms with van der Waals surface area (Å²) in [5.41, 5.74) is 1.11. The monoisotopic (exact) mass is 469 g/mol. The van der Waals surface area contributed by atoms with Gasteiger partial charge in [-0.15, -0.1) is 6.58 Å². The van der Waals surface area contributed by atoms with E-state index in [1.165, 1.54) is 11.3 Å². The van der Waals surface area contributed by atoms with Crippen molar-refractivity contribution in [1.82, 2.24) is 19.7 Å². The first-order chi connectivity index (χ1) is 12.4. The van der Waals surface area contributed by atoms with E-state index in [9.17, 15) is 4.79 Å². The predicted molar refractivity (Wildman–Crippen MR) is 111 cm³/mol. The van der Waals surface area contributed by atoms with E-state index in [1.807, 2.05) is 11.5 Å². The Morgan fingerprint density at radius 2 is 2.35 bits per heavy atom. The van der Waals surface area contributed by atoms with Crippen LogP contribution in [-0.2, 0) is 6.54 Å². The number of nitrogens with zero attached hydrogens (tertiary/aromatic N) is 3. The third-order valence-electron chi connectivity index (χ3n) is 3.46. The molecule has 0 fully saturated rings. The van der Waals surface area contributed by atoms with Crippen LogP contribution in [0.1, 0.15) is 16.1 Å². The summed E-state index contributed by atoms with van der Waals surface area (Å²) in [5.74, 6) is 0.326. The zero-order valence-corrected chi connectivity index (χ0v) is 17.5. The van der Waals surface area contributed by atoms with Crippen LogP contribution in [-0.4, -0.2) is 25.7 Å². The van der Waals surface area contributed by atoms with Gasteiger partial charge in [0, 0.05) is 11.0 Å². The fourth-order valence-corrected chi connectivity index (χ4v) is 4.01. The molecule has 0 atom stereocenters. The minimum absolute atomic E-state index is 0.332. The third kappa shape index (κ3) is 3.80. The molecule has 0 aliphatic rings. The Kier molecular flexibility index (Phi) is 5.71. The fourth-order valence-electron chi connectivity index (χ4n) is 2.28. The summed E-state index contributed by atoms with van der Waals surface area (Å²) in [5, 5.41) is 10.7. The van der Waals surface area contributed by atoms with E-state index in [-0.39, 0.29) is 5.91 Å². The van der Waals surface area contributed by atoms with Gasteiger partial charge in [-0.3, -0.25) is 19.8 Å². The van der Waals surface area contributed by atoms with Crippen LogP contribution in [0.25, 0.3) is 10.7 Å². The second-order valence-corrected chi connectivity index (χ2v) is 7.97. The van der Waals surface area contributed by atoms with Crippen LogP contribution in [0, 0.1) is 11.7 Å². The van der Waals surface area contributed by atoms with Crippen LogP contribution in [0.3, 0.4) is 0 Å². The Morgan fingerprint density at radius 1 is 1.58 bits per heavy atom. The third-order valence-corrected chi connectivity index (χ3v) is 5.67. The van der Waals surface area contributed by atoms with Crippen molar-refractivity contribution in [3.05, 3.63) is 56.4 Å². The largest absolute Gasteiger partial charge is 0.298 e. The van der Waals surface area contributed by atoms with Crippen molar-refractivity contribution in [3.63, 3.8) is 0 Å². The molecule has 0 radical (unpaired) electrons. The number of benzene rings is 1. The standard InChI is InChI=1S/C16H13BrClN5OS2/c1-3-6-23-13(21-22-16(23)25)12-8(2)19-15(26-12)20-14(24)10-7-9(17)4-5-11(10)18/h3-5,7H,1,6H2,2H3,(H,22,25)(H,19,20,24). The van der Waals surface area contributed by atoms with Gasteiger partial charge in [0.25, 0.3) is 5.91 Å². The van der Waals surface area contributed by atoms with Crippen molar-refractivity contribution in [2.75, 3.05) is 5.32 Å². The van der Waals surface area contributed by atoms with Crippen molar-refractivity contribution in [3.8, 4) is 10.7 Å². The maximum absolute atomic E-state index is 12.5. The molecule has 3 rings (SSSR count). The lowest BCUT2D eigenvalue weighted by molar-refractivity contribution is 0.102. The molecule has 0 saturated heterocycles. The highest BCUT2D eigenvalue weighted by atomic mass is 79.9. The Balaban J connectivity index is 1.92. The molecule has 0 bridgehead atoms. The summed E-state index contributed by atoms with van der Waals surface area (Å²) >= 11 is 16.0. The maximum atomic E-state index is 12.5. The van der Waals surface area contributed by atoms with Crippen LogP contribution in [0.4, 0.5) is 5.13 Å². The number of nitrogens with one attached hydrogen (secondary N) is 2. The van der Waals surface area contributed by atoms with E-state index in [1.54, 1.807) is 24.3 Å². The summed E-state index contributed by atoms with van der Waals surface area (Å²) in [6, 6.07) is 5.09. The van der Waals surface area contributed by atoms with Crippen LogP contribution in [0.15, 0.2) is 35.3 Å². The van der Waals surface area contributed by atoms with Gasteiger partial charge in [0.2, 0.25) is 0 Å². The number of carbonyl (C=O) groups excluding carboxylic acids is 1. The topological polar surface area (TPSA) is 75.6 Å². The van der Waals surface area contributed by atoms with Gasteiger partial charge >= 0.3 is 0 Å². The molecule has 134 valence electrons. The number of amides is 1. The molecule has 6 nitrogen and oxygen atoms in total. The number of allylic oxidation sites excluding steroid dienone is 1. The maximum Gasteiger partial charge on any atom is 0.258 e. The SMILES string of the molecule is C=CCn1c(-c2sc(NC(=O)c3cc(Br)ccc3Cl)nc2C)n[nH]c1=S. The number of carbonyl (C=O) groups is 1. The Labute approximate surface area is 172 Å². The Bertz CT molecular complexity index is 1060. The number of halogens is 2. The van der Waals surface area contributed by atoms with Crippen LogP contribution >= 0.6 is 51.1 Å². The summed E-state index contributed by atoms with van der Waals surface area (Å²) in [7, 11) is 0. The highest BCUT2D eigenvalue weighted by Gasteiger charge is 2.18. The van der Waals surface area contributed by atoms with Gasteiger partial charge in [-0.05, 0) is 37.3 Å². The average Bonchev–Trinajstić information content (AvgIpc) is 3.13. The lowest BCUT2D eigenvalue weighted by atomic mass is 10.2. The summed E-state index contributed by atoms with van der Waals surface area (Å²) in [6.07, 6.45) is 1.74. The van der Waals surface area contributed by atoms with Gasteiger partial charge < -0.3 is 0 Å². The second-order valence-electron chi connectivity index (χ2n) is 5.26. The van der Waals surface area contributed by atoms with Crippen molar-refractivity contribution in [2.45, 2.75) is 13.5 Å². The minimum atomic E-state index is -0.332. The van der Waals surface area contributed by atoms with Crippen molar-refractivity contribution in [1.29, 1.82) is 0 Å². The predicted octanol–water partition coefficient (Wildman–Crippen LogP) is 5.23. The van der Waals surface area contributed by atoms with Crippen molar-refractivity contribution >= 4 is 62.1 Å². The molecule has 1 aromatic carbocycles. The molecule has 2 heterocycles. The first-order valence-corrected chi connectivity index (χ1v) is 9.80. The molecule has 2 N–H and O–H groups in total. The van der Waals surface area contributed by atoms with Crippen molar-refractivity contribution < 1.29 is 4.79 Å². The summed E-state index contributed by atoms with van der Waals surface area (Å²) in [4.78, 5) is 17.7. The van der Waals surface area contributed by atoms with Crippen molar-refractivity contribution in [2.24, 2.45) is 0 Å². The number of H-pyrrole nitrogens is 1. The molecule has 0 unspecified atom stereocenters. The van der Waals surface area contributed by atoms with E-state index >= 15 is 0 Å². The van der Waals surface area contributed by atoms with Gasteiger partial charge in [0.1, 0.15) is 0 Å². The van der Waals surface area contributed by atoms with Crippen LogP contribution < -0.4 is 5.32 Å². The molecule has 1 amide bonds. The van der Waals surface area contributed by atoms with E-state index in [0.29, 0.717) is 32.9 Å². The molecule has 0 spiro atoms. The molecule has 10 heteroatoms. The molecule has 2 aromatic heterocycles. The zero-order chi connectivity index (χ0) is 18.8.